The summed E-state index contributed by atoms with van der Waals surface area (Å²) in [4.78, 5) is 71.0. The number of amides is 4. The summed E-state index contributed by atoms with van der Waals surface area (Å²) in [5.41, 5.74) is 0.0122. The van der Waals surface area contributed by atoms with E-state index in [0.717, 1.165) is 19.3 Å². The molecule has 4 amide bonds. The molecule has 246 valence electrons. The molecule has 44 heavy (non-hydrogen) atoms. The van der Waals surface area contributed by atoms with Gasteiger partial charge in [-0.2, -0.15) is 0 Å². The molecule has 4 aliphatic rings. The van der Waals surface area contributed by atoms with Crippen LogP contribution in [0.1, 0.15) is 79.1 Å². The Bertz CT molecular complexity index is 1050. The van der Waals surface area contributed by atoms with E-state index in [0.29, 0.717) is 91.3 Å². The van der Waals surface area contributed by atoms with Gasteiger partial charge in [0.05, 0.1) is 31.8 Å². The van der Waals surface area contributed by atoms with E-state index in [1.54, 1.807) is 0 Å². The van der Waals surface area contributed by atoms with Gasteiger partial charge in [0.1, 0.15) is 13.2 Å². The van der Waals surface area contributed by atoms with E-state index in [2.05, 4.69) is 6.92 Å². The lowest BCUT2D eigenvalue weighted by Crippen LogP contribution is -2.46. The fraction of sp³-hybridized carbons (Fsp3) is 0.688. The smallest absolute Gasteiger partial charge is 0.305 e. The minimum atomic E-state index is -0.254. The van der Waals surface area contributed by atoms with Crippen LogP contribution >= 0.6 is 0 Å². The molecule has 0 bridgehead atoms. The highest BCUT2D eigenvalue weighted by atomic mass is 16.6. The number of imide groups is 2. The van der Waals surface area contributed by atoms with Crippen molar-refractivity contribution in [3.05, 3.63) is 24.3 Å². The minimum absolute atomic E-state index is 0. The van der Waals surface area contributed by atoms with E-state index < -0.39 is 0 Å². The van der Waals surface area contributed by atoms with Crippen molar-refractivity contribution in [2.24, 2.45) is 10.8 Å². The van der Waals surface area contributed by atoms with Gasteiger partial charge in [0.2, 0.25) is 0 Å². The highest BCUT2D eigenvalue weighted by Crippen LogP contribution is 2.31. The SMILES string of the molecule is C.CC1(COC(=O)CCCCCN2C(=O)C=CC2=O)COC1.CCC1(COC(=O)CCCCCN2C(=O)C=CC2=O)COC1. The van der Waals surface area contributed by atoms with Gasteiger partial charge in [-0.3, -0.25) is 38.6 Å². The zero-order valence-corrected chi connectivity index (χ0v) is 25.3. The second-order valence-corrected chi connectivity index (χ2v) is 11.9. The molecule has 0 aromatic heterocycles. The number of carbonyl (C=O) groups is 6. The van der Waals surface area contributed by atoms with Gasteiger partial charge < -0.3 is 18.9 Å². The van der Waals surface area contributed by atoms with Crippen molar-refractivity contribution in [1.82, 2.24) is 9.80 Å². The summed E-state index contributed by atoms with van der Waals surface area (Å²) in [6, 6.07) is 0. The van der Waals surface area contributed by atoms with Crippen LogP contribution in [0.4, 0.5) is 0 Å². The molecule has 4 heterocycles. The number of hydrogen-bond acceptors (Lipinski definition) is 10. The number of ether oxygens (including phenoxy) is 4. The van der Waals surface area contributed by atoms with Crippen LogP contribution in [-0.2, 0) is 47.7 Å². The number of carbonyl (C=O) groups excluding carboxylic acids is 6. The molecule has 0 aromatic rings. The Balaban J connectivity index is 0.000000300. The molecule has 12 nitrogen and oxygen atoms in total. The Morgan fingerprint density at radius 1 is 0.682 bits per heavy atom. The van der Waals surface area contributed by atoms with Crippen LogP contribution in [0, 0.1) is 10.8 Å². The second-order valence-electron chi connectivity index (χ2n) is 11.9. The molecule has 0 aliphatic carbocycles. The van der Waals surface area contributed by atoms with Crippen molar-refractivity contribution in [1.29, 1.82) is 0 Å². The lowest BCUT2D eigenvalue weighted by molar-refractivity contribution is -0.170. The fourth-order valence-electron chi connectivity index (χ4n) is 4.68. The maximum Gasteiger partial charge on any atom is 0.305 e. The normalized spacial score (nSPS) is 19.1. The first-order chi connectivity index (χ1) is 20.6. The third-order valence-corrected chi connectivity index (χ3v) is 7.91. The minimum Gasteiger partial charge on any atom is -0.465 e. The molecule has 4 rings (SSSR count). The number of esters is 2. The Morgan fingerprint density at radius 2 is 1.09 bits per heavy atom. The standard InChI is InChI=1S/C16H23NO5.C15H21NO5.CH4/c1-2-16(10-21-11-16)12-22-15(20)6-4-3-5-9-17-13(18)7-8-14(17)19;1-15(9-20-10-15)11-21-14(19)5-3-2-4-8-16-12(17)6-7-13(16)18;/h7-8H,2-6,9-12H2,1H3;6-7H,2-5,8-11H2,1H3;1H4. The Kier molecular flexibility index (Phi) is 14.9. The maximum absolute atomic E-state index is 11.7. The predicted molar refractivity (Wildman–Crippen MR) is 160 cm³/mol. The summed E-state index contributed by atoms with van der Waals surface area (Å²) in [6.07, 6.45) is 11.2. The summed E-state index contributed by atoms with van der Waals surface area (Å²) < 4.78 is 20.8. The van der Waals surface area contributed by atoms with E-state index in [9.17, 15) is 28.8 Å². The van der Waals surface area contributed by atoms with Crippen molar-refractivity contribution < 1.29 is 47.7 Å². The van der Waals surface area contributed by atoms with Crippen LogP contribution < -0.4 is 0 Å². The van der Waals surface area contributed by atoms with Gasteiger partial charge in [0.15, 0.2) is 0 Å². The van der Waals surface area contributed by atoms with Crippen molar-refractivity contribution in [3.8, 4) is 0 Å². The van der Waals surface area contributed by atoms with E-state index in [1.165, 1.54) is 34.1 Å². The largest absolute Gasteiger partial charge is 0.465 e. The monoisotopic (exact) mass is 620 g/mol. The first kappa shape index (κ1) is 36.8. The average molecular weight is 621 g/mol. The van der Waals surface area contributed by atoms with Crippen molar-refractivity contribution in [3.63, 3.8) is 0 Å². The Labute approximate surface area is 260 Å². The summed E-state index contributed by atoms with van der Waals surface area (Å²) in [6.45, 7) is 8.40. The van der Waals surface area contributed by atoms with Crippen LogP contribution in [0.2, 0.25) is 0 Å². The van der Waals surface area contributed by atoms with E-state index in [1.807, 2.05) is 6.92 Å². The van der Waals surface area contributed by atoms with Gasteiger partial charge >= 0.3 is 11.9 Å². The number of hydrogen-bond donors (Lipinski definition) is 0. The van der Waals surface area contributed by atoms with E-state index >= 15 is 0 Å². The van der Waals surface area contributed by atoms with Gasteiger partial charge in [-0.15, -0.1) is 0 Å². The number of rotatable bonds is 17. The van der Waals surface area contributed by atoms with Gasteiger partial charge in [-0.05, 0) is 32.1 Å². The highest BCUT2D eigenvalue weighted by Gasteiger charge is 2.38. The molecular weight excluding hydrogens is 572 g/mol. The lowest BCUT2D eigenvalue weighted by Gasteiger charge is -2.39. The zero-order chi connectivity index (χ0) is 31.3. The summed E-state index contributed by atoms with van der Waals surface area (Å²) in [7, 11) is 0. The molecule has 0 spiro atoms. The quantitative estimate of drug-likeness (QED) is 0.135. The Hall–Kier alpha value is -3.38. The molecule has 4 aliphatic heterocycles. The van der Waals surface area contributed by atoms with Gasteiger partial charge in [0, 0.05) is 55.7 Å². The van der Waals surface area contributed by atoms with Crippen LogP contribution in [-0.4, -0.2) is 98.1 Å². The molecule has 0 N–H and O–H groups in total. The molecule has 2 saturated heterocycles. The molecule has 0 radical (unpaired) electrons. The molecule has 0 atom stereocenters. The van der Waals surface area contributed by atoms with Gasteiger partial charge in [-0.1, -0.05) is 34.1 Å². The summed E-state index contributed by atoms with van der Waals surface area (Å²) >= 11 is 0. The van der Waals surface area contributed by atoms with Gasteiger partial charge in [-0.25, -0.2) is 0 Å². The van der Waals surface area contributed by atoms with Gasteiger partial charge in [0.25, 0.3) is 23.6 Å². The molecular formula is C32H48N2O10. The average Bonchev–Trinajstić information content (AvgIpc) is 3.44. The number of nitrogens with zero attached hydrogens (tertiary/aromatic N) is 2. The molecule has 0 unspecified atom stereocenters. The zero-order valence-electron chi connectivity index (χ0n) is 25.3. The molecule has 0 saturated carbocycles. The third kappa shape index (κ3) is 11.3. The second kappa shape index (κ2) is 17.8. The fourth-order valence-corrected chi connectivity index (χ4v) is 4.68. The molecule has 2 fully saturated rings. The first-order valence-corrected chi connectivity index (χ1v) is 15.1. The van der Waals surface area contributed by atoms with Crippen molar-refractivity contribution in [2.45, 2.75) is 79.1 Å². The summed E-state index contributed by atoms with van der Waals surface area (Å²) in [5, 5.41) is 0. The van der Waals surface area contributed by atoms with Crippen LogP contribution in [0.5, 0.6) is 0 Å². The van der Waals surface area contributed by atoms with E-state index in [-0.39, 0.29) is 53.8 Å². The van der Waals surface area contributed by atoms with Crippen LogP contribution in [0.25, 0.3) is 0 Å². The Morgan fingerprint density at radius 3 is 1.43 bits per heavy atom. The highest BCUT2D eigenvalue weighted by molar-refractivity contribution is 6.13. The van der Waals surface area contributed by atoms with Crippen molar-refractivity contribution in [2.75, 3.05) is 52.7 Å². The van der Waals surface area contributed by atoms with Crippen molar-refractivity contribution >= 4 is 35.6 Å². The third-order valence-electron chi connectivity index (χ3n) is 7.91. The van der Waals surface area contributed by atoms with Crippen LogP contribution in [0.3, 0.4) is 0 Å². The maximum atomic E-state index is 11.7. The van der Waals surface area contributed by atoms with Crippen LogP contribution in [0.15, 0.2) is 24.3 Å². The summed E-state index contributed by atoms with van der Waals surface area (Å²) in [5.74, 6) is -1.40. The lowest BCUT2D eigenvalue weighted by atomic mass is 9.84. The van der Waals surface area contributed by atoms with E-state index in [4.69, 9.17) is 18.9 Å². The topological polar surface area (TPSA) is 146 Å². The first-order valence-electron chi connectivity index (χ1n) is 15.1. The molecule has 0 aromatic carbocycles. The molecule has 12 heteroatoms. The predicted octanol–water partition coefficient (Wildman–Crippen LogP) is 3.13. The number of unbranched alkanes of at least 4 members (excludes halogenated alkanes) is 4.